The summed E-state index contributed by atoms with van der Waals surface area (Å²) >= 11 is 0. The molecule has 3 heteroatoms. The van der Waals surface area contributed by atoms with Gasteiger partial charge in [0.25, 0.3) is 0 Å². The van der Waals surface area contributed by atoms with Gasteiger partial charge in [-0.1, -0.05) is 0 Å². The first kappa shape index (κ1) is 8.97. The monoisotopic (exact) mass is 158 g/mol. The maximum absolute atomic E-state index is 9.45. The number of hydrogen-bond acceptors (Lipinski definition) is 3. The van der Waals surface area contributed by atoms with Crippen molar-refractivity contribution in [3.63, 3.8) is 0 Å². The van der Waals surface area contributed by atoms with Crippen molar-refractivity contribution in [3.8, 4) is 0 Å². The second-order valence-corrected chi connectivity index (χ2v) is 3.24. The van der Waals surface area contributed by atoms with Gasteiger partial charge in [-0.25, -0.2) is 0 Å². The van der Waals surface area contributed by atoms with Crippen LogP contribution in [0.2, 0.25) is 0 Å². The maximum Gasteiger partial charge on any atom is 0.0691 e. The van der Waals surface area contributed by atoms with E-state index in [2.05, 4.69) is 5.32 Å². The molecule has 3 nitrogen and oxygen atoms in total. The third-order valence-electron chi connectivity index (χ3n) is 2.41. The molecule has 0 amide bonds. The molecule has 2 unspecified atom stereocenters. The lowest BCUT2D eigenvalue weighted by Crippen LogP contribution is -2.29. The van der Waals surface area contributed by atoms with Crippen LogP contribution in [0.3, 0.4) is 0 Å². The van der Waals surface area contributed by atoms with Crippen LogP contribution in [-0.2, 0) is 0 Å². The molecule has 2 atom stereocenters. The minimum Gasteiger partial charge on any atom is -0.392 e. The molecule has 0 aromatic carbocycles. The average Bonchev–Trinajstić information content (AvgIpc) is 2.30. The van der Waals surface area contributed by atoms with Gasteiger partial charge in [-0.3, -0.25) is 0 Å². The van der Waals surface area contributed by atoms with Crippen molar-refractivity contribution in [1.82, 2.24) is 5.32 Å². The quantitative estimate of drug-likeness (QED) is 0.517. The first-order valence-corrected chi connectivity index (χ1v) is 4.43. The van der Waals surface area contributed by atoms with E-state index >= 15 is 0 Å². The molecule has 66 valence electrons. The Hall–Kier alpha value is -0.120. The van der Waals surface area contributed by atoms with Crippen LogP contribution >= 0.6 is 0 Å². The Morgan fingerprint density at radius 3 is 3.00 bits per heavy atom. The lowest BCUT2D eigenvalue weighted by Gasteiger charge is -2.18. The van der Waals surface area contributed by atoms with E-state index in [9.17, 15) is 5.11 Å². The van der Waals surface area contributed by atoms with E-state index in [0.29, 0.717) is 12.5 Å². The smallest absolute Gasteiger partial charge is 0.0691 e. The first-order valence-electron chi connectivity index (χ1n) is 4.43. The molecule has 1 fully saturated rings. The van der Waals surface area contributed by atoms with Gasteiger partial charge in [-0.15, -0.1) is 0 Å². The van der Waals surface area contributed by atoms with Crippen molar-refractivity contribution in [2.45, 2.75) is 25.4 Å². The van der Waals surface area contributed by atoms with Crippen molar-refractivity contribution in [2.24, 2.45) is 11.7 Å². The number of nitrogens with one attached hydrogen (secondary N) is 1. The number of aliphatic hydroxyl groups is 1. The Labute approximate surface area is 68.0 Å². The Kier molecular flexibility index (Phi) is 3.83. The molecule has 0 aromatic heterocycles. The molecule has 0 aliphatic carbocycles. The van der Waals surface area contributed by atoms with E-state index < -0.39 is 0 Å². The lowest BCUT2D eigenvalue weighted by atomic mass is 9.94. The Bertz CT molecular complexity index is 100. The minimum atomic E-state index is -0.283. The highest BCUT2D eigenvalue weighted by Crippen LogP contribution is 2.16. The zero-order valence-corrected chi connectivity index (χ0v) is 6.92. The average molecular weight is 158 g/mol. The van der Waals surface area contributed by atoms with Crippen molar-refractivity contribution >= 4 is 0 Å². The molecule has 0 spiro atoms. The summed E-state index contributed by atoms with van der Waals surface area (Å²) in [5.74, 6) is 0.426. The fourth-order valence-electron chi connectivity index (χ4n) is 1.62. The Balaban J connectivity index is 2.30. The molecular weight excluding hydrogens is 140 g/mol. The molecule has 1 rings (SSSR count). The maximum atomic E-state index is 9.45. The van der Waals surface area contributed by atoms with Crippen molar-refractivity contribution < 1.29 is 5.11 Å². The van der Waals surface area contributed by atoms with Gasteiger partial charge in [0.15, 0.2) is 0 Å². The fourth-order valence-corrected chi connectivity index (χ4v) is 1.62. The normalized spacial score (nSPS) is 29.5. The van der Waals surface area contributed by atoms with Crippen molar-refractivity contribution in [3.05, 3.63) is 0 Å². The van der Waals surface area contributed by atoms with Crippen LogP contribution < -0.4 is 11.1 Å². The zero-order chi connectivity index (χ0) is 8.10. The summed E-state index contributed by atoms with van der Waals surface area (Å²) < 4.78 is 0. The summed E-state index contributed by atoms with van der Waals surface area (Å²) in [5.41, 5.74) is 5.38. The summed E-state index contributed by atoms with van der Waals surface area (Å²) in [4.78, 5) is 0. The highest BCUT2D eigenvalue weighted by Gasteiger charge is 2.18. The molecular formula is C8H18N2O. The second kappa shape index (κ2) is 4.70. The molecule has 0 saturated carbocycles. The summed E-state index contributed by atoms with van der Waals surface area (Å²) in [6.45, 7) is 2.53. The highest BCUT2D eigenvalue weighted by molar-refractivity contribution is 4.73. The summed E-state index contributed by atoms with van der Waals surface area (Å²) in [6, 6.07) is 0. The number of rotatable bonds is 2. The van der Waals surface area contributed by atoms with Crippen LogP contribution in [0.4, 0.5) is 0 Å². The van der Waals surface area contributed by atoms with Gasteiger partial charge in [0.2, 0.25) is 0 Å². The topological polar surface area (TPSA) is 58.3 Å². The second-order valence-electron chi connectivity index (χ2n) is 3.24. The van der Waals surface area contributed by atoms with Crippen LogP contribution in [0.15, 0.2) is 0 Å². The standard InChI is InChI=1S/C8H18N2O/c9-6-8(11)7-2-1-4-10-5-3-7/h7-8,10-11H,1-6,9H2. The molecule has 0 aromatic rings. The van der Waals surface area contributed by atoms with Crippen LogP contribution in [0.1, 0.15) is 19.3 Å². The molecule has 0 radical (unpaired) electrons. The van der Waals surface area contributed by atoms with Crippen LogP contribution in [0, 0.1) is 5.92 Å². The summed E-state index contributed by atoms with van der Waals surface area (Å²) in [7, 11) is 0. The van der Waals surface area contributed by atoms with Crippen molar-refractivity contribution in [2.75, 3.05) is 19.6 Å². The number of nitrogens with two attached hydrogens (primary N) is 1. The van der Waals surface area contributed by atoms with E-state index in [0.717, 1.165) is 25.9 Å². The third kappa shape index (κ3) is 2.77. The molecule has 4 N–H and O–H groups in total. The predicted octanol–water partition coefficient (Wildman–Crippen LogP) is -0.304. The molecule has 11 heavy (non-hydrogen) atoms. The van der Waals surface area contributed by atoms with Gasteiger partial charge >= 0.3 is 0 Å². The largest absolute Gasteiger partial charge is 0.392 e. The SMILES string of the molecule is NCC(O)C1CCCNCC1. The number of hydrogen-bond donors (Lipinski definition) is 3. The molecule has 1 aliphatic heterocycles. The summed E-state index contributed by atoms with van der Waals surface area (Å²) in [6.07, 6.45) is 3.07. The van der Waals surface area contributed by atoms with E-state index in [1.54, 1.807) is 0 Å². The molecule has 1 heterocycles. The van der Waals surface area contributed by atoms with Gasteiger partial charge in [-0.2, -0.15) is 0 Å². The molecule has 1 aliphatic rings. The van der Waals surface area contributed by atoms with Crippen molar-refractivity contribution in [1.29, 1.82) is 0 Å². The zero-order valence-electron chi connectivity index (χ0n) is 6.92. The Morgan fingerprint density at radius 2 is 2.27 bits per heavy atom. The highest BCUT2D eigenvalue weighted by atomic mass is 16.3. The van der Waals surface area contributed by atoms with Crippen LogP contribution in [0.25, 0.3) is 0 Å². The number of aliphatic hydroxyl groups excluding tert-OH is 1. The van der Waals surface area contributed by atoms with Gasteiger partial charge in [0, 0.05) is 6.54 Å². The van der Waals surface area contributed by atoms with Gasteiger partial charge in [0.05, 0.1) is 6.10 Å². The third-order valence-corrected chi connectivity index (χ3v) is 2.41. The van der Waals surface area contributed by atoms with Crippen LogP contribution in [-0.4, -0.2) is 30.8 Å². The lowest BCUT2D eigenvalue weighted by molar-refractivity contribution is 0.108. The van der Waals surface area contributed by atoms with E-state index in [1.165, 1.54) is 6.42 Å². The van der Waals surface area contributed by atoms with E-state index in [4.69, 9.17) is 5.73 Å². The fraction of sp³-hybridized carbons (Fsp3) is 1.00. The Morgan fingerprint density at radius 1 is 1.45 bits per heavy atom. The van der Waals surface area contributed by atoms with Gasteiger partial charge in [0.1, 0.15) is 0 Å². The minimum absolute atomic E-state index is 0.283. The molecule has 0 bridgehead atoms. The predicted molar refractivity (Wildman–Crippen MR) is 45.3 cm³/mol. The van der Waals surface area contributed by atoms with E-state index in [-0.39, 0.29) is 6.10 Å². The van der Waals surface area contributed by atoms with E-state index in [1.807, 2.05) is 0 Å². The first-order chi connectivity index (χ1) is 5.34. The summed E-state index contributed by atoms with van der Waals surface area (Å²) in [5, 5.41) is 12.8. The molecule has 1 saturated heterocycles. The van der Waals surface area contributed by atoms with Gasteiger partial charge in [-0.05, 0) is 38.3 Å². The van der Waals surface area contributed by atoms with Gasteiger partial charge < -0.3 is 16.2 Å². The van der Waals surface area contributed by atoms with Crippen LogP contribution in [0.5, 0.6) is 0 Å².